The fraction of sp³-hybridized carbons (Fsp3) is 0.292. The van der Waals surface area contributed by atoms with Crippen molar-refractivity contribution in [3.8, 4) is 0 Å². The largest absolute Gasteiger partial charge is 0.431 e. The molecule has 2 aromatic carbocycles. The summed E-state index contributed by atoms with van der Waals surface area (Å²) in [6.45, 7) is 0.182. The highest BCUT2D eigenvalue weighted by molar-refractivity contribution is 7.91. The molecular weight excluding hydrogens is 526 g/mol. The highest BCUT2D eigenvalue weighted by Crippen LogP contribution is 2.16. The summed E-state index contributed by atoms with van der Waals surface area (Å²) in [6.07, 6.45) is -2.61. The molecule has 0 aliphatic heterocycles. The summed E-state index contributed by atoms with van der Waals surface area (Å²) in [5.74, 6) is -3.32. The fourth-order valence-corrected chi connectivity index (χ4v) is 3.92. The molecule has 11 nitrogen and oxygen atoms in total. The Morgan fingerprint density at radius 1 is 1.05 bits per heavy atom. The Morgan fingerprint density at radius 2 is 1.71 bits per heavy atom. The first-order chi connectivity index (χ1) is 17.9. The molecule has 3 aromatic rings. The molecule has 3 rings (SSSR count). The summed E-state index contributed by atoms with van der Waals surface area (Å²) < 4.78 is 57.0. The van der Waals surface area contributed by atoms with Crippen molar-refractivity contribution in [3.63, 3.8) is 0 Å². The maximum Gasteiger partial charge on any atom is 0.309 e. The van der Waals surface area contributed by atoms with Crippen LogP contribution in [-0.4, -0.2) is 59.9 Å². The third-order valence-electron chi connectivity index (χ3n) is 5.24. The fourth-order valence-electron chi connectivity index (χ4n) is 3.51. The number of aromatic nitrogens is 1. The van der Waals surface area contributed by atoms with E-state index in [1.807, 2.05) is 10.8 Å². The molecule has 0 fully saturated rings. The lowest BCUT2D eigenvalue weighted by Crippen LogP contribution is -2.50. The van der Waals surface area contributed by atoms with Crippen LogP contribution in [0.25, 0.3) is 0 Å². The second kappa shape index (κ2) is 12.6. The summed E-state index contributed by atoms with van der Waals surface area (Å²) in [5, 5.41) is 26.3. The molecule has 3 atom stereocenters. The number of sulfonamides is 1. The van der Waals surface area contributed by atoms with Gasteiger partial charge in [0.05, 0.1) is 24.8 Å². The number of amides is 2. The summed E-state index contributed by atoms with van der Waals surface area (Å²) in [7, 11) is -3.74. The summed E-state index contributed by atoms with van der Waals surface area (Å²) in [4.78, 5) is 28.7. The number of oxazole rings is 1. The van der Waals surface area contributed by atoms with Crippen LogP contribution in [0, 0.1) is 11.6 Å². The number of carbonyl (C=O) groups excluding carboxylic acids is 2. The van der Waals surface area contributed by atoms with Gasteiger partial charge < -0.3 is 25.3 Å². The maximum atomic E-state index is 13.7. The number of hydrogen-bond donors (Lipinski definition) is 5. The lowest BCUT2D eigenvalue weighted by atomic mass is 9.95. The van der Waals surface area contributed by atoms with Crippen LogP contribution in [0.4, 0.5) is 14.8 Å². The van der Waals surface area contributed by atoms with Gasteiger partial charge in [0.25, 0.3) is 5.91 Å². The van der Waals surface area contributed by atoms with Crippen LogP contribution >= 0.6 is 0 Å². The third kappa shape index (κ3) is 8.90. The van der Waals surface area contributed by atoms with E-state index in [1.54, 1.807) is 24.3 Å². The number of benzene rings is 2. The number of nitrogens with one attached hydrogen (secondary N) is 3. The molecule has 2 amide bonds. The van der Waals surface area contributed by atoms with E-state index in [0.717, 1.165) is 30.2 Å². The minimum absolute atomic E-state index is 0.0483. The van der Waals surface area contributed by atoms with Crippen LogP contribution in [0.5, 0.6) is 0 Å². The Kier molecular flexibility index (Phi) is 9.50. The van der Waals surface area contributed by atoms with Crippen molar-refractivity contribution >= 4 is 27.9 Å². The molecule has 14 heteroatoms. The number of anilines is 1. The van der Waals surface area contributed by atoms with Crippen LogP contribution in [0.2, 0.25) is 0 Å². The summed E-state index contributed by atoms with van der Waals surface area (Å²) in [5.41, 5.74) is 0.479. The molecule has 0 aliphatic rings. The molecule has 1 aromatic heterocycles. The van der Waals surface area contributed by atoms with Crippen LogP contribution in [0.3, 0.4) is 0 Å². The number of carbonyl (C=O) groups is 2. The van der Waals surface area contributed by atoms with Gasteiger partial charge in [-0.25, -0.2) is 21.9 Å². The molecule has 0 unspecified atom stereocenters. The molecule has 0 saturated carbocycles. The van der Waals surface area contributed by atoms with Gasteiger partial charge in [-0.05, 0) is 29.7 Å². The average molecular weight is 553 g/mol. The van der Waals surface area contributed by atoms with Gasteiger partial charge in [0.2, 0.25) is 15.9 Å². The third-order valence-corrected chi connectivity index (χ3v) is 5.78. The highest BCUT2D eigenvalue weighted by Gasteiger charge is 2.31. The molecule has 0 radical (unpaired) electrons. The zero-order chi connectivity index (χ0) is 27.9. The number of rotatable bonds is 12. The Labute approximate surface area is 216 Å². The van der Waals surface area contributed by atoms with E-state index >= 15 is 0 Å². The van der Waals surface area contributed by atoms with Crippen LogP contribution < -0.4 is 15.4 Å². The van der Waals surface area contributed by atoms with E-state index in [4.69, 9.17) is 4.42 Å². The topological polar surface area (TPSA) is 171 Å². The first kappa shape index (κ1) is 28.7. The van der Waals surface area contributed by atoms with Gasteiger partial charge in [0, 0.05) is 12.6 Å². The van der Waals surface area contributed by atoms with Gasteiger partial charge in [0.15, 0.2) is 5.69 Å². The van der Waals surface area contributed by atoms with E-state index in [-0.39, 0.29) is 24.2 Å². The summed E-state index contributed by atoms with van der Waals surface area (Å²) >= 11 is 0. The van der Waals surface area contributed by atoms with Gasteiger partial charge in [-0.3, -0.25) is 9.59 Å². The molecule has 38 heavy (non-hydrogen) atoms. The number of halogens is 2. The Balaban J connectivity index is 1.72. The van der Waals surface area contributed by atoms with Gasteiger partial charge in [0.1, 0.15) is 24.0 Å². The Bertz CT molecular complexity index is 1350. The number of nitrogens with zero attached hydrogens (tertiary/aromatic N) is 1. The number of aliphatic hydroxyl groups excluding tert-OH is 2. The standard InChI is InChI=1S/C24H26F2N4O7S/c1-38(35,36)30-24-29-19(13-37-24)23(34)28-18(9-15-7-16(25)10-17(26)8-15)22(33)20(31)11-21(32)27-12-14-5-3-2-4-6-14/h2-8,10,13,18,20,22,31,33H,9,11-12H2,1H3,(H,27,32)(H,28,34)(H,29,30)/t18-,20+,22+/m0/s1. The number of hydrogen-bond acceptors (Lipinski definition) is 8. The van der Waals surface area contributed by atoms with Crippen molar-refractivity contribution in [3.05, 3.63) is 83.2 Å². The Hall–Kier alpha value is -3.88. The van der Waals surface area contributed by atoms with E-state index in [1.165, 1.54) is 0 Å². The predicted octanol–water partition coefficient (Wildman–Crippen LogP) is 1.09. The van der Waals surface area contributed by atoms with E-state index in [0.29, 0.717) is 6.07 Å². The zero-order valence-corrected chi connectivity index (χ0v) is 20.9. The SMILES string of the molecule is CS(=O)(=O)Nc1nc(C(=O)N[C@@H](Cc2cc(F)cc(F)c2)[C@@H](O)[C@H](O)CC(=O)NCc2ccccc2)co1. The van der Waals surface area contributed by atoms with Crippen LogP contribution in [0.15, 0.2) is 59.2 Å². The molecule has 0 aliphatic carbocycles. The van der Waals surface area contributed by atoms with E-state index in [2.05, 4.69) is 15.6 Å². The molecule has 1 heterocycles. The van der Waals surface area contributed by atoms with E-state index in [9.17, 15) is 37.0 Å². The second-order valence-corrected chi connectivity index (χ2v) is 10.2. The Morgan fingerprint density at radius 3 is 2.34 bits per heavy atom. The number of aliphatic hydroxyl groups is 2. The van der Waals surface area contributed by atoms with Crippen LogP contribution in [0.1, 0.15) is 28.0 Å². The zero-order valence-electron chi connectivity index (χ0n) is 20.1. The first-order valence-corrected chi connectivity index (χ1v) is 13.1. The van der Waals surface area contributed by atoms with Crippen molar-refractivity contribution in [1.29, 1.82) is 0 Å². The highest BCUT2D eigenvalue weighted by atomic mass is 32.2. The average Bonchev–Trinajstić information content (AvgIpc) is 3.29. The second-order valence-electron chi connectivity index (χ2n) is 8.50. The van der Waals surface area contributed by atoms with Crippen molar-refractivity contribution < 1.29 is 41.4 Å². The normalized spacial score (nSPS) is 13.8. The van der Waals surface area contributed by atoms with Crippen molar-refractivity contribution in [1.82, 2.24) is 15.6 Å². The van der Waals surface area contributed by atoms with E-state index < -0.39 is 64.2 Å². The van der Waals surface area contributed by atoms with Gasteiger partial charge in [-0.15, -0.1) is 0 Å². The molecule has 0 spiro atoms. The van der Waals surface area contributed by atoms with Crippen molar-refractivity contribution in [2.24, 2.45) is 0 Å². The molecule has 204 valence electrons. The quantitative estimate of drug-likeness (QED) is 0.222. The lowest BCUT2D eigenvalue weighted by Gasteiger charge is -2.27. The van der Waals surface area contributed by atoms with Gasteiger partial charge >= 0.3 is 6.01 Å². The van der Waals surface area contributed by atoms with Crippen LogP contribution in [-0.2, 0) is 27.8 Å². The summed E-state index contributed by atoms with van der Waals surface area (Å²) in [6, 6.07) is 9.75. The van der Waals surface area contributed by atoms with Crippen molar-refractivity contribution in [2.75, 3.05) is 11.0 Å². The molecular formula is C24H26F2N4O7S. The van der Waals surface area contributed by atoms with Crippen molar-refractivity contribution in [2.45, 2.75) is 37.6 Å². The monoisotopic (exact) mass is 552 g/mol. The molecule has 5 N–H and O–H groups in total. The van der Waals surface area contributed by atoms with Gasteiger partial charge in [-0.2, -0.15) is 4.98 Å². The smallest absolute Gasteiger partial charge is 0.309 e. The lowest BCUT2D eigenvalue weighted by molar-refractivity contribution is -0.125. The predicted molar refractivity (Wildman–Crippen MR) is 131 cm³/mol. The van der Waals surface area contributed by atoms with Gasteiger partial charge in [-0.1, -0.05) is 30.3 Å². The molecule has 0 saturated heterocycles. The first-order valence-electron chi connectivity index (χ1n) is 11.3. The molecule has 0 bridgehead atoms. The minimum Gasteiger partial charge on any atom is -0.431 e. The minimum atomic E-state index is -3.74. The maximum absolute atomic E-state index is 13.7.